The lowest BCUT2D eigenvalue weighted by Crippen LogP contribution is -2.42. The van der Waals surface area contributed by atoms with Crippen molar-refractivity contribution in [3.63, 3.8) is 0 Å². The number of benzene rings is 2. The van der Waals surface area contributed by atoms with Crippen molar-refractivity contribution in [3.8, 4) is 5.75 Å². The van der Waals surface area contributed by atoms with Gasteiger partial charge in [0.05, 0.1) is 19.1 Å². The Morgan fingerprint density at radius 2 is 2.00 bits per heavy atom. The van der Waals surface area contributed by atoms with Crippen LogP contribution in [0.4, 0.5) is 0 Å². The van der Waals surface area contributed by atoms with Gasteiger partial charge in [0.2, 0.25) is 5.91 Å². The van der Waals surface area contributed by atoms with Gasteiger partial charge in [-0.05, 0) is 48.2 Å². The quantitative estimate of drug-likeness (QED) is 0.937. The first kappa shape index (κ1) is 16.2. The van der Waals surface area contributed by atoms with Crippen molar-refractivity contribution in [1.82, 2.24) is 10.2 Å². The predicted octanol–water partition coefficient (Wildman–Crippen LogP) is 2.93. The standard InChI is InChI=1S/C21H24N2O2/c1-25-19-8-7-16-12-20(15-5-3-2-4-6-15)23(14-18(16)11-19)21(24)17-9-10-22-13-17/h2-8,11,17,20,22H,9-10,12-14H2,1H3. The molecule has 2 aliphatic heterocycles. The van der Waals surface area contributed by atoms with Crippen molar-refractivity contribution in [3.05, 3.63) is 65.2 Å². The Balaban J connectivity index is 1.70. The van der Waals surface area contributed by atoms with Crippen molar-refractivity contribution < 1.29 is 9.53 Å². The summed E-state index contributed by atoms with van der Waals surface area (Å²) in [6, 6.07) is 16.7. The van der Waals surface area contributed by atoms with Crippen molar-refractivity contribution in [2.75, 3.05) is 20.2 Å². The molecule has 0 bridgehead atoms. The van der Waals surface area contributed by atoms with E-state index in [1.54, 1.807) is 7.11 Å². The van der Waals surface area contributed by atoms with Gasteiger partial charge < -0.3 is 15.0 Å². The third-order valence-electron chi connectivity index (χ3n) is 5.42. The van der Waals surface area contributed by atoms with Crippen LogP contribution in [0.2, 0.25) is 0 Å². The molecule has 1 amide bonds. The fourth-order valence-corrected chi connectivity index (χ4v) is 3.99. The highest BCUT2D eigenvalue weighted by Crippen LogP contribution is 2.36. The third kappa shape index (κ3) is 3.14. The third-order valence-corrected chi connectivity index (χ3v) is 5.42. The first-order chi connectivity index (χ1) is 12.3. The molecule has 4 nitrogen and oxygen atoms in total. The number of hydrogen-bond donors (Lipinski definition) is 1. The molecule has 0 spiro atoms. The molecule has 2 aromatic rings. The molecular formula is C21H24N2O2. The highest BCUT2D eigenvalue weighted by atomic mass is 16.5. The summed E-state index contributed by atoms with van der Waals surface area (Å²) in [5, 5.41) is 3.32. The minimum absolute atomic E-state index is 0.0957. The number of nitrogens with zero attached hydrogens (tertiary/aromatic N) is 1. The number of ether oxygens (including phenoxy) is 1. The molecule has 130 valence electrons. The van der Waals surface area contributed by atoms with Crippen LogP contribution in [0, 0.1) is 5.92 Å². The van der Waals surface area contributed by atoms with Gasteiger partial charge in [0, 0.05) is 13.1 Å². The zero-order valence-electron chi connectivity index (χ0n) is 14.6. The number of rotatable bonds is 3. The lowest BCUT2D eigenvalue weighted by atomic mass is 9.88. The Bertz CT molecular complexity index is 754. The normalized spacial score (nSPS) is 22.5. The van der Waals surface area contributed by atoms with Gasteiger partial charge in [-0.1, -0.05) is 36.4 Å². The van der Waals surface area contributed by atoms with Gasteiger partial charge in [0.25, 0.3) is 0 Å². The van der Waals surface area contributed by atoms with Crippen LogP contribution in [-0.4, -0.2) is 31.0 Å². The molecule has 0 aliphatic carbocycles. The summed E-state index contributed by atoms with van der Waals surface area (Å²) in [7, 11) is 1.68. The minimum Gasteiger partial charge on any atom is -0.497 e. The topological polar surface area (TPSA) is 41.6 Å². The summed E-state index contributed by atoms with van der Waals surface area (Å²) in [6.45, 7) is 2.38. The fourth-order valence-electron chi connectivity index (χ4n) is 3.99. The maximum Gasteiger partial charge on any atom is 0.227 e. The van der Waals surface area contributed by atoms with E-state index in [1.807, 2.05) is 12.1 Å². The molecule has 1 fully saturated rings. The predicted molar refractivity (Wildman–Crippen MR) is 97.4 cm³/mol. The number of carbonyl (C=O) groups excluding carboxylic acids is 1. The van der Waals surface area contributed by atoms with Gasteiger partial charge in [-0.25, -0.2) is 0 Å². The van der Waals surface area contributed by atoms with Crippen LogP contribution in [0.1, 0.15) is 29.2 Å². The summed E-state index contributed by atoms with van der Waals surface area (Å²) < 4.78 is 5.37. The second-order valence-corrected chi connectivity index (χ2v) is 6.92. The maximum atomic E-state index is 13.2. The van der Waals surface area contributed by atoms with Gasteiger partial charge >= 0.3 is 0 Å². The zero-order valence-corrected chi connectivity index (χ0v) is 14.6. The lowest BCUT2D eigenvalue weighted by Gasteiger charge is -2.38. The molecule has 2 aromatic carbocycles. The molecule has 2 aliphatic rings. The Morgan fingerprint density at radius 3 is 2.72 bits per heavy atom. The summed E-state index contributed by atoms with van der Waals surface area (Å²) in [4.78, 5) is 15.3. The Morgan fingerprint density at radius 1 is 1.16 bits per heavy atom. The van der Waals surface area contributed by atoms with Crippen molar-refractivity contribution in [2.45, 2.75) is 25.4 Å². The summed E-state index contributed by atoms with van der Waals surface area (Å²) >= 11 is 0. The molecule has 0 aromatic heterocycles. The van der Waals surface area contributed by atoms with Gasteiger partial charge in [-0.15, -0.1) is 0 Å². The van der Waals surface area contributed by atoms with Gasteiger partial charge in [-0.2, -0.15) is 0 Å². The number of hydrogen-bond acceptors (Lipinski definition) is 3. The summed E-state index contributed by atoms with van der Waals surface area (Å²) in [6.07, 6.45) is 1.79. The number of methoxy groups -OCH3 is 1. The first-order valence-corrected chi connectivity index (χ1v) is 8.98. The molecule has 1 saturated heterocycles. The largest absolute Gasteiger partial charge is 0.497 e. The smallest absolute Gasteiger partial charge is 0.227 e. The average molecular weight is 336 g/mol. The van der Waals surface area contributed by atoms with E-state index in [0.29, 0.717) is 6.54 Å². The Hall–Kier alpha value is -2.33. The summed E-state index contributed by atoms with van der Waals surface area (Å²) in [5.41, 5.74) is 3.72. The van der Waals surface area contributed by atoms with E-state index in [-0.39, 0.29) is 17.9 Å². The zero-order chi connectivity index (χ0) is 17.2. The van der Waals surface area contributed by atoms with E-state index in [0.717, 1.165) is 31.7 Å². The minimum atomic E-state index is 0.0957. The van der Waals surface area contributed by atoms with E-state index in [4.69, 9.17) is 4.74 Å². The maximum absolute atomic E-state index is 13.2. The van der Waals surface area contributed by atoms with Crippen LogP contribution in [-0.2, 0) is 17.8 Å². The molecule has 25 heavy (non-hydrogen) atoms. The molecule has 2 unspecified atom stereocenters. The second kappa shape index (κ2) is 6.89. The van der Waals surface area contributed by atoms with E-state index in [1.165, 1.54) is 16.7 Å². The van der Waals surface area contributed by atoms with Crippen LogP contribution in [0.25, 0.3) is 0 Å². The highest BCUT2D eigenvalue weighted by molar-refractivity contribution is 5.80. The van der Waals surface area contributed by atoms with Gasteiger partial charge in [0.15, 0.2) is 0 Å². The first-order valence-electron chi connectivity index (χ1n) is 8.98. The highest BCUT2D eigenvalue weighted by Gasteiger charge is 2.35. The molecule has 0 saturated carbocycles. The molecule has 1 N–H and O–H groups in total. The van der Waals surface area contributed by atoms with E-state index in [9.17, 15) is 4.79 Å². The SMILES string of the molecule is COc1ccc2c(c1)CN(C(=O)C1CCNC1)C(c1ccccc1)C2. The average Bonchev–Trinajstić information content (AvgIpc) is 3.21. The van der Waals surface area contributed by atoms with Crippen molar-refractivity contribution >= 4 is 5.91 Å². The van der Waals surface area contributed by atoms with Crippen LogP contribution in [0.5, 0.6) is 5.75 Å². The molecule has 4 heteroatoms. The molecular weight excluding hydrogens is 312 g/mol. The van der Waals surface area contributed by atoms with Crippen molar-refractivity contribution in [1.29, 1.82) is 0 Å². The molecule has 2 atom stereocenters. The van der Waals surface area contributed by atoms with Crippen molar-refractivity contribution in [2.24, 2.45) is 5.92 Å². The Labute approximate surface area is 148 Å². The van der Waals surface area contributed by atoms with Crippen LogP contribution in [0.3, 0.4) is 0 Å². The summed E-state index contributed by atoms with van der Waals surface area (Å²) in [5.74, 6) is 1.22. The van der Waals surface area contributed by atoms with Gasteiger partial charge in [0.1, 0.15) is 5.75 Å². The van der Waals surface area contributed by atoms with E-state index < -0.39 is 0 Å². The monoisotopic (exact) mass is 336 g/mol. The van der Waals surface area contributed by atoms with Crippen LogP contribution < -0.4 is 10.1 Å². The Kier molecular flexibility index (Phi) is 4.45. The number of fused-ring (bicyclic) bond motifs is 1. The number of amides is 1. The van der Waals surface area contributed by atoms with E-state index in [2.05, 4.69) is 46.6 Å². The van der Waals surface area contributed by atoms with Crippen LogP contribution in [0.15, 0.2) is 48.5 Å². The van der Waals surface area contributed by atoms with Crippen LogP contribution >= 0.6 is 0 Å². The number of nitrogens with one attached hydrogen (secondary N) is 1. The fraction of sp³-hybridized carbons (Fsp3) is 0.381. The second-order valence-electron chi connectivity index (χ2n) is 6.92. The molecule has 2 heterocycles. The number of carbonyl (C=O) groups is 1. The van der Waals surface area contributed by atoms with E-state index >= 15 is 0 Å². The van der Waals surface area contributed by atoms with Gasteiger partial charge in [-0.3, -0.25) is 4.79 Å². The lowest BCUT2D eigenvalue weighted by molar-refractivity contribution is -0.138. The molecule has 4 rings (SSSR count). The molecule has 0 radical (unpaired) electrons.